The molecule has 3 aliphatic rings. The van der Waals surface area contributed by atoms with Gasteiger partial charge in [-0.25, -0.2) is 4.99 Å². The fourth-order valence-electron chi connectivity index (χ4n) is 4.23. The van der Waals surface area contributed by atoms with E-state index in [-0.39, 0.29) is 0 Å². The number of aliphatic imine (C=N–C) groups is 2. The summed E-state index contributed by atoms with van der Waals surface area (Å²) in [6, 6.07) is 8.22. The zero-order valence-electron chi connectivity index (χ0n) is 19.6. The van der Waals surface area contributed by atoms with Gasteiger partial charge in [-0.05, 0) is 68.2 Å². The minimum Gasteiger partial charge on any atom is -0.378 e. The molecule has 1 fully saturated rings. The predicted octanol–water partition coefficient (Wildman–Crippen LogP) is 4.75. The summed E-state index contributed by atoms with van der Waals surface area (Å²) in [5, 5.41) is 7.91. The van der Waals surface area contributed by atoms with Crippen LogP contribution in [0, 0.1) is 0 Å². The van der Waals surface area contributed by atoms with Crippen molar-refractivity contribution in [2.24, 2.45) is 9.98 Å². The third-order valence-corrected chi connectivity index (χ3v) is 6.28. The van der Waals surface area contributed by atoms with Crippen LogP contribution in [0.2, 0.25) is 5.02 Å². The van der Waals surface area contributed by atoms with E-state index >= 15 is 0 Å². The van der Waals surface area contributed by atoms with Gasteiger partial charge in [0.05, 0.1) is 18.9 Å². The highest BCUT2D eigenvalue weighted by atomic mass is 35.5. The van der Waals surface area contributed by atoms with Crippen molar-refractivity contribution in [3.63, 3.8) is 0 Å². The highest BCUT2D eigenvalue weighted by Gasteiger charge is 2.21. The number of allylic oxidation sites excluding steroid dienone is 2. The Kier molecular flexibility index (Phi) is 8.37. The van der Waals surface area contributed by atoms with Crippen molar-refractivity contribution < 1.29 is 4.74 Å². The number of nitrogens with zero attached hydrogens (tertiary/aromatic N) is 3. The molecule has 0 spiro atoms. The normalized spacial score (nSPS) is 22.5. The molecule has 1 atom stereocenters. The van der Waals surface area contributed by atoms with E-state index in [1.807, 2.05) is 18.2 Å². The van der Waals surface area contributed by atoms with E-state index in [0.717, 1.165) is 73.4 Å². The van der Waals surface area contributed by atoms with Crippen LogP contribution in [0.5, 0.6) is 0 Å². The van der Waals surface area contributed by atoms with Gasteiger partial charge in [-0.1, -0.05) is 36.7 Å². The molecule has 0 aliphatic carbocycles. The lowest BCUT2D eigenvalue weighted by Crippen LogP contribution is -2.41. The molecule has 1 unspecified atom stereocenters. The van der Waals surface area contributed by atoms with Crippen molar-refractivity contribution in [3.8, 4) is 0 Å². The fraction of sp³-hybridized carbons (Fsp3) is 0.462. The Balaban J connectivity index is 1.65. The van der Waals surface area contributed by atoms with E-state index in [2.05, 4.69) is 53.7 Å². The monoisotopic (exact) mass is 467 g/mol. The molecule has 7 heteroatoms. The van der Waals surface area contributed by atoms with Gasteiger partial charge < -0.3 is 20.3 Å². The van der Waals surface area contributed by atoms with Crippen molar-refractivity contribution in [2.75, 3.05) is 32.8 Å². The Morgan fingerprint density at radius 2 is 2.09 bits per heavy atom. The standard InChI is InChI=1S/C26H34ClN5O/c1-3-21-18-25(29-23-8-5-11-28-19(2)16-23)31-26(32-12-14-33-15-13-32)30-24(21)10-9-20-6-4-7-22(27)17-20/h4,6-7,9-10,16-17,19,28H,3,5,8,11-15,18H2,1-2H3,(H,29,30,31)/b10-9+. The Morgan fingerprint density at radius 1 is 1.24 bits per heavy atom. The van der Waals surface area contributed by atoms with Crippen LogP contribution in [-0.4, -0.2) is 55.6 Å². The maximum atomic E-state index is 6.18. The Morgan fingerprint density at radius 3 is 2.88 bits per heavy atom. The molecule has 6 nitrogen and oxygen atoms in total. The number of hydrogen-bond donors (Lipinski definition) is 2. The summed E-state index contributed by atoms with van der Waals surface area (Å²) >= 11 is 6.18. The first-order valence-corrected chi connectivity index (χ1v) is 12.3. The molecule has 1 aromatic rings. The van der Waals surface area contributed by atoms with E-state index in [4.69, 9.17) is 26.3 Å². The van der Waals surface area contributed by atoms with Gasteiger partial charge in [0, 0.05) is 36.3 Å². The number of benzene rings is 1. The molecule has 0 amide bonds. The van der Waals surface area contributed by atoms with Crippen LogP contribution in [0.3, 0.4) is 0 Å². The molecule has 0 radical (unpaired) electrons. The second-order valence-electron chi connectivity index (χ2n) is 8.64. The van der Waals surface area contributed by atoms with Crippen molar-refractivity contribution in [2.45, 2.75) is 45.6 Å². The van der Waals surface area contributed by atoms with Crippen molar-refractivity contribution >= 4 is 29.5 Å². The largest absolute Gasteiger partial charge is 0.378 e. The number of hydrogen-bond acceptors (Lipinski definition) is 6. The van der Waals surface area contributed by atoms with Crippen LogP contribution in [0.4, 0.5) is 0 Å². The van der Waals surface area contributed by atoms with Crippen LogP contribution in [-0.2, 0) is 4.74 Å². The summed E-state index contributed by atoms with van der Waals surface area (Å²) in [5.41, 5.74) is 4.54. The highest BCUT2D eigenvalue weighted by Crippen LogP contribution is 2.23. The Bertz CT molecular complexity index is 988. The van der Waals surface area contributed by atoms with Gasteiger partial charge in [0.1, 0.15) is 5.84 Å². The van der Waals surface area contributed by atoms with Gasteiger partial charge in [-0.15, -0.1) is 0 Å². The number of ether oxygens (including phenoxy) is 1. The molecular weight excluding hydrogens is 434 g/mol. The first kappa shape index (κ1) is 23.7. The third-order valence-electron chi connectivity index (χ3n) is 6.05. The maximum absolute atomic E-state index is 6.18. The van der Waals surface area contributed by atoms with Crippen LogP contribution < -0.4 is 10.6 Å². The van der Waals surface area contributed by atoms with Crippen LogP contribution >= 0.6 is 11.6 Å². The van der Waals surface area contributed by atoms with Gasteiger partial charge in [-0.3, -0.25) is 0 Å². The minimum atomic E-state index is 0.353. The van der Waals surface area contributed by atoms with Crippen molar-refractivity contribution in [3.05, 3.63) is 64.0 Å². The maximum Gasteiger partial charge on any atom is 0.227 e. The quantitative estimate of drug-likeness (QED) is 0.670. The average molecular weight is 468 g/mol. The molecule has 1 aromatic carbocycles. The average Bonchev–Trinajstić information content (AvgIpc) is 3.13. The zero-order chi connectivity index (χ0) is 23.0. The summed E-state index contributed by atoms with van der Waals surface area (Å²) in [6.07, 6.45) is 10.3. The van der Waals surface area contributed by atoms with E-state index in [9.17, 15) is 0 Å². The molecule has 0 aromatic heterocycles. The number of halogens is 1. The van der Waals surface area contributed by atoms with Gasteiger partial charge in [0.25, 0.3) is 0 Å². The number of morpholine rings is 1. The molecule has 3 heterocycles. The molecule has 0 saturated carbocycles. The number of nitrogens with one attached hydrogen (secondary N) is 2. The summed E-state index contributed by atoms with van der Waals surface area (Å²) in [7, 11) is 0. The second-order valence-corrected chi connectivity index (χ2v) is 9.08. The lowest BCUT2D eigenvalue weighted by molar-refractivity contribution is 0.0676. The summed E-state index contributed by atoms with van der Waals surface area (Å²) in [6.45, 7) is 8.41. The summed E-state index contributed by atoms with van der Waals surface area (Å²) < 4.78 is 5.57. The minimum absolute atomic E-state index is 0.353. The van der Waals surface area contributed by atoms with Gasteiger partial charge in [0.15, 0.2) is 0 Å². The lowest BCUT2D eigenvalue weighted by Gasteiger charge is -2.27. The SMILES string of the molecule is CCC1=C(/C=C/c2cccc(Cl)c2)N=C(N2CCOCC2)N=C(NC2=CC(C)NCCC2)C1. The number of rotatable bonds is 4. The summed E-state index contributed by atoms with van der Waals surface area (Å²) in [5.74, 6) is 1.72. The molecule has 3 aliphatic heterocycles. The van der Waals surface area contributed by atoms with Crippen molar-refractivity contribution in [1.82, 2.24) is 15.5 Å². The van der Waals surface area contributed by atoms with Crippen LogP contribution in [0.15, 0.2) is 63.4 Å². The van der Waals surface area contributed by atoms with E-state index in [0.29, 0.717) is 19.3 Å². The molecule has 176 valence electrons. The molecule has 33 heavy (non-hydrogen) atoms. The smallest absolute Gasteiger partial charge is 0.227 e. The molecule has 0 bridgehead atoms. The van der Waals surface area contributed by atoms with Gasteiger partial charge in [-0.2, -0.15) is 4.99 Å². The predicted molar refractivity (Wildman–Crippen MR) is 138 cm³/mol. The van der Waals surface area contributed by atoms with Gasteiger partial charge in [0.2, 0.25) is 5.96 Å². The lowest BCUT2D eigenvalue weighted by atomic mass is 10.1. The van der Waals surface area contributed by atoms with E-state index in [1.54, 1.807) is 0 Å². The molecule has 1 saturated heterocycles. The van der Waals surface area contributed by atoms with Crippen LogP contribution in [0.25, 0.3) is 6.08 Å². The zero-order valence-corrected chi connectivity index (χ0v) is 20.4. The van der Waals surface area contributed by atoms with E-state index < -0.39 is 0 Å². The fourth-order valence-corrected chi connectivity index (χ4v) is 4.43. The first-order chi connectivity index (χ1) is 16.1. The third kappa shape index (κ3) is 6.79. The van der Waals surface area contributed by atoms with Crippen LogP contribution in [0.1, 0.15) is 45.1 Å². The molecular formula is C26H34ClN5O. The topological polar surface area (TPSA) is 61.2 Å². The van der Waals surface area contributed by atoms with Crippen molar-refractivity contribution in [1.29, 1.82) is 0 Å². The molecule has 4 rings (SSSR count). The number of guanidine groups is 1. The molecule has 2 N–H and O–H groups in total. The highest BCUT2D eigenvalue weighted by molar-refractivity contribution is 6.30. The Labute approximate surface area is 202 Å². The second kappa shape index (κ2) is 11.6. The van der Waals surface area contributed by atoms with Gasteiger partial charge >= 0.3 is 0 Å². The number of amidine groups is 1. The summed E-state index contributed by atoms with van der Waals surface area (Å²) in [4.78, 5) is 12.3. The Hall–Kier alpha value is -2.41. The first-order valence-electron chi connectivity index (χ1n) is 12.0. The van der Waals surface area contributed by atoms with E-state index in [1.165, 1.54) is 11.3 Å².